The number of rotatable bonds is 6. The van der Waals surface area contributed by atoms with Crippen molar-refractivity contribution in [2.75, 3.05) is 5.32 Å². The smallest absolute Gasteiger partial charge is 0.306 e. The molecule has 0 unspecified atom stereocenters. The van der Waals surface area contributed by atoms with E-state index in [-0.39, 0.29) is 6.42 Å². The first-order chi connectivity index (χ1) is 12.0. The number of para-hydroxylation sites is 1. The Kier molecular flexibility index (Phi) is 5.08. The van der Waals surface area contributed by atoms with Gasteiger partial charge in [-0.1, -0.05) is 17.3 Å². The highest BCUT2D eigenvalue weighted by Crippen LogP contribution is 2.22. The first-order valence-corrected chi connectivity index (χ1v) is 8.61. The first kappa shape index (κ1) is 17.1. The van der Waals surface area contributed by atoms with E-state index in [1.165, 1.54) is 6.92 Å². The SMILES string of the molecule is Cc1cc(NC(=O)[C@H](C)OC(=O)CCc2nc3ccccc3s2)no1. The van der Waals surface area contributed by atoms with Gasteiger partial charge in [0.1, 0.15) is 5.76 Å². The first-order valence-electron chi connectivity index (χ1n) is 7.79. The molecule has 0 saturated carbocycles. The number of carbonyl (C=O) groups is 2. The molecule has 0 aliphatic carbocycles. The largest absolute Gasteiger partial charge is 0.453 e. The van der Waals surface area contributed by atoms with E-state index in [9.17, 15) is 9.59 Å². The van der Waals surface area contributed by atoms with Gasteiger partial charge in [0.15, 0.2) is 11.9 Å². The zero-order valence-corrected chi connectivity index (χ0v) is 14.6. The number of esters is 1. The molecule has 1 aromatic carbocycles. The summed E-state index contributed by atoms with van der Waals surface area (Å²) in [5.74, 6) is -0.0319. The third-order valence-electron chi connectivity index (χ3n) is 3.44. The minimum absolute atomic E-state index is 0.167. The van der Waals surface area contributed by atoms with E-state index in [0.29, 0.717) is 18.0 Å². The number of ether oxygens (including phenoxy) is 1. The monoisotopic (exact) mass is 359 g/mol. The number of fused-ring (bicyclic) bond motifs is 1. The van der Waals surface area contributed by atoms with E-state index in [0.717, 1.165) is 15.2 Å². The third-order valence-corrected chi connectivity index (χ3v) is 4.53. The van der Waals surface area contributed by atoms with Crippen LogP contribution >= 0.6 is 11.3 Å². The summed E-state index contributed by atoms with van der Waals surface area (Å²) in [6.45, 7) is 3.23. The number of aryl methyl sites for hydroxylation is 2. The van der Waals surface area contributed by atoms with Crippen LogP contribution < -0.4 is 5.32 Å². The molecule has 7 nitrogen and oxygen atoms in total. The van der Waals surface area contributed by atoms with Crippen molar-refractivity contribution in [3.63, 3.8) is 0 Å². The van der Waals surface area contributed by atoms with Crippen molar-refractivity contribution >= 4 is 39.2 Å². The van der Waals surface area contributed by atoms with E-state index in [1.807, 2.05) is 24.3 Å². The molecule has 8 heteroatoms. The van der Waals surface area contributed by atoms with E-state index in [2.05, 4.69) is 15.5 Å². The molecule has 2 heterocycles. The Hall–Kier alpha value is -2.74. The van der Waals surface area contributed by atoms with Gasteiger partial charge < -0.3 is 14.6 Å². The maximum atomic E-state index is 12.0. The molecule has 1 N–H and O–H groups in total. The van der Waals surface area contributed by atoms with E-state index < -0.39 is 18.0 Å². The maximum Gasteiger partial charge on any atom is 0.306 e. The summed E-state index contributed by atoms with van der Waals surface area (Å²) in [6, 6.07) is 9.39. The van der Waals surface area contributed by atoms with Crippen LogP contribution in [0.5, 0.6) is 0 Å². The Labute approximate surface area is 148 Å². The lowest BCUT2D eigenvalue weighted by atomic mass is 10.3. The lowest BCUT2D eigenvalue weighted by molar-refractivity contribution is -0.153. The van der Waals surface area contributed by atoms with Gasteiger partial charge in [-0.3, -0.25) is 9.59 Å². The third kappa shape index (κ3) is 4.42. The van der Waals surface area contributed by atoms with Gasteiger partial charge in [0.2, 0.25) is 0 Å². The minimum Gasteiger partial charge on any atom is -0.453 e. The molecular formula is C17H17N3O4S. The summed E-state index contributed by atoms with van der Waals surface area (Å²) in [6.07, 6.45) is -0.268. The molecule has 0 spiro atoms. The molecule has 1 amide bonds. The number of thiazole rings is 1. The molecule has 2 aromatic heterocycles. The lowest BCUT2D eigenvalue weighted by Gasteiger charge is -2.11. The molecule has 0 radical (unpaired) electrons. The highest BCUT2D eigenvalue weighted by atomic mass is 32.1. The Balaban J connectivity index is 1.48. The van der Waals surface area contributed by atoms with Gasteiger partial charge in [-0.05, 0) is 26.0 Å². The van der Waals surface area contributed by atoms with E-state index >= 15 is 0 Å². The molecule has 0 aliphatic heterocycles. The zero-order chi connectivity index (χ0) is 17.8. The summed E-state index contributed by atoms with van der Waals surface area (Å²) in [5.41, 5.74) is 0.923. The van der Waals surface area contributed by atoms with Crippen LogP contribution in [-0.2, 0) is 20.7 Å². The molecule has 130 valence electrons. The van der Waals surface area contributed by atoms with Crippen molar-refractivity contribution in [2.24, 2.45) is 0 Å². The minimum atomic E-state index is -0.917. The fourth-order valence-corrected chi connectivity index (χ4v) is 3.17. The van der Waals surface area contributed by atoms with Crippen LogP contribution in [0.4, 0.5) is 5.82 Å². The predicted octanol–water partition coefficient (Wildman–Crippen LogP) is 3.10. The van der Waals surface area contributed by atoms with Crippen LogP contribution in [0.3, 0.4) is 0 Å². The number of benzene rings is 1. The number of anilines is 1. The van der Waals surface area contributed by atoms with Crippen LogP contribution in [0.25, 0.3) is 10.2 Å². The second-order valence-corrected chi connectivity index (χ2v) is 6.63. The number of amides is 1. The standard InChI is InChI=1S/C17H17N3O4S/c1-10-9-14(20-24-10)19-17(22)11(2)23-16(21)8-7-15-18-12-5-3-4-6-13(12)25-15/h3-6,9,11H,7-8H2,1-2H3,(H,19,20,22)/t11-/m0/s1. The van der Waals surface area contributed by atoms with Crippen molar-refractivity contribution in [3.05, 3.63) is 41.1 Å². The van der Waals surface area contributed by atoms with Gasteiger partial charge in [0.05, 0.1) is 21.6 Å². The summed E-state index contributed by atoms with van der Waals surface area (Å²) >= 11 is 1.55. The van der Waals surface area contributed by atoms with Crippen LogP contribution in [0.2, 0.25) is 0 Å². The molecule has 0 aliphatic rings. The molecule has 3 rings (SSSR count). The molecule has 0 fully saturated rings. The van der Waals surface area contributed by atoms with E-state index in [4.69, 9.17) is 9.26 Å². The van der Waals surface area contributed by atoms with Crippen LogP contribution in [0.15, 0.2) is 34.9 Å². The van der Waals surface area contributed by atoms with Gasteiger partial charge >= 0.3 is 5.97 Å². The van der Waals surface area contributed by atoms with Gasteiger partial charge in [-0.25, -0.2) is 4.98 Å². The topological polar surface area (TPSA) is 94.3 Å². The zero-order valence-electron chi connectivity index (χ0n) is 13.8. The Morgan fingerprint density at radius 1 is 1.36 bits per heavy atom. The lowest BCUT2D eigenvalue weighted by Crippen LogP contribution is -2.30. The molecule has 3 aromatic rings. The van der Waals surface area contributed by atoms with Crippen LogP contribution in [-0.4, -0.2) is 28.1 Å². The van der Waals surface area contributed by atoms with Gasteiger partial charge in [-0.15, -0.1) is 11.3 Å². The predicted molar refractivity (Wildman–Crippen MR) is 93.4 cm³/mol. The van der Waals surface area contributed by atoms with Crippen molar-refractivity contribution in [1.82, 2.24) is 10.1 Å². The van der Waals surface area contributed by atoms with Gasteiger partial charge in [0, 0.05) is 12.5 Å². The number of aromatic nitrogens is 2. The number of nitrogens with one attached hydrogen (secondary N) is 1. The molecule has 0 bridgehead atoms. The summed E-state index contributed by atoms with van der Waals surface area (Å²) in [7, 11) is 0. The highest BCUT2D eigenvalue weighted by Gasteiger charge is 2.19. The molecule has 1 atom stereocenters. The van der Waals surface area contributed by atoms with E-state index in [1.54, 1.807) is 24.3 Å². The average Bonchev–Trinajstić information content (AvgIpc) is 3.18. The number of nitrogens with zero attached hydrogens (tertiary/aromatic N) is 2. The number of hydrogen-bond acceptors (Lipinski definition) is 7. The Bertz CT molecular complexity index is 869. The van der Waals surface area contributed by atoms with Gasteiger partial charge in [0.25, 0.3) is 5.91 Å². The fourth-order valence-electron chi connectivity index (χ4n) is 2.20. The molecular weight excluding hydrogens is 342 g/mol. The highest BCUT2D eigenvalue weighted by molar-refractivity contribution is 7.18. The Morgan fingerprint density at radius 2 is 2.16 bits per heavy atom. The average molecular weight is 359 g/mol. The van der Waals surface area contributed by atoms with Crippen LogP contribution in [0.1, 0.15) is 24.1 Å². The number of carbonyl (C=O) groups excluding carboxylic acids is 2. The van der Waals surface area contributed by atoms with Crippen molar-refractivity contribution in [2.45, 2.75) is 32.8 Å². The van der Waals surface area contributed by atoms with Gasteiger partial charge in [-0.2, -0.15) is 0 Å². The second-order valence-electron chi connectivity index (χ2n) is 5.52. The fraction of sp³-hybridized carbons (Fsp3) is 0.294. The van der Waals surface area contributed by atoms with Crippen molar-refractivity contribution in [1.29, 1.82) is 0 Å². The molecule has 25 heavy (non-hydrogen) atoms. The normalized spacial score (nSPS) is 12.1. The van der Waals surface area contributed by atoms with Crippen LogP contribution in [0, 0.1) is 6.92 Å². The molecule has 0 saturated heterocycles. The summed E-state index contributed by atoms with van der Waals surface area (Å²) < 4.78 is 11.1. The van der Waals surface area contributed by atoms with Crippen molar-refractivity contribution in [3.8, 4) is 0 Å². The number of hydrogen-bond donors (Lipinski definition) is 1. The maximum absolute atomic E-state index is 12.0. The second kappa shape index (κ2) is 7.43. The quantitative estimate of drug-likeness (QED) is 0.680. The summed E-state index contributed by atoms with van der Waals surface area (Å²) in [5, 5.41) is 7.06. The Morgan fingerprint density at radius 3 is 2.88 bits per heavy atom. The van der Waals surface area contributed by atoms with Crippen molar-refractivity contribution < 1.29 is 18.8 Å². The summed E-state index contributed by atoms with van der Waals surface area (Å²) in [4.78, 5) is 28.4.